The van der Waals surface area contributed by atoms with Crippen molar-refractivity contribution in [3.63, 3.8) is 0 Å². The molecule has 3 N–H and O–H groups in total. The van der Waals surface area contributed by atoms with Gasteiger partial charge in [0.2, 0.25) is 11.9 Å². The largest absolute Gasteiger partial charge is 0.445 e. The normalized spacial score (nSPS) is 16.4. The fourth-order valence-electron chi connectivity index (χ4n) is 11.1. The molecule has 0 aliphatic carbocycles. The maximum absolute atomic E-state index is 13.1. The number of aromatic nitrogens is 14. The van der Waals surface area contributed by atoms with Crippen LogP contribution in [0.1, 0.15) is 61.8 Å². The molecule has 24 nitrogen and oxygen atoms in total. The van der Waals surface area contributed by atoms with Gasteiger partial charge in [-0.15, -0.1) is 10.2 Å². The number of nitrogens with one attached hydrogen (secondary N) is 3. The van der Waals surface area contributed by atoms with Crippen molar-refractivity contribution >= 4 is 57.7 Å². The summed E-state index contributed by atoms with van der Waals surface area (Å²) in [6.07, 6.45) is 14.0. The molecule has 0 radical (unpaired) electrons. The summed E-state index contributed by atoms with van der Waals surface area (Å²) in [6.45, 7) is 9.65. The Morgan fingerprint density at radius 1 is 0.584 bits per heavy atom. The zero-order valence-electron chi connectivity index (χ0n) is 50.0. The third-order valence-corrected chi connectivity index (χ3v) is 15.9. The summed E-state index contributed by atoms with van der Waals surface area (Å²) in [6, 6.07) is 37.8. The zero-order valence-corrected chi connectivity index (χ0v) is 50.8. The van der Waals surface area contributed by atoms with Gasteiger partial charge in [0.15, 0.2) is 0 Å². The van der Waals surface area contributed by atoms with Crippen LogP contribution < -0.4 is 10.6 Å². The van der Waals surface area contributed by atoms with Crippen LogP contribution in [0.15, 0.2) is 152 Å². The van der Waals surface area contributed by atoms with Crippen LogP contribution in [0.5, 0.6) is 0 Å². The van der Waals surface area contributed by atoms with Crippen molar-refractivity contribution in [1.29, 1.82) is 0 Å². The van der Waals surface area contributed by atoms with E-state index in [2.05, 4.69) is 89.0 Å². The molecule has 0 unspecified atom stereocenters. The number of ether oxygens (including phenoxy) is 2. The summed E-state index contributed by atoms with van der Waals surface area (Å²) in [5.74, 6) is 1.04. The van der Waals surface area contributed by atoms with Crippen LogP contribution in [0.3, 0.4) is 0 Å². The number of amides is 2. The Kier molecular flexibility index (Phi) is 18.5. The highest BCUT2D eigenvalue weighted by Crippen LogP contribution is 2.36. The predicted molar refractivity (Wildman–Crippen MR) is 336 cm³/mol. The number of aryl methyl sites for hydroxylation is 4. The Hall–Kier alpha value is -10.6. The lowest BCUT2D eigenvalue weighted by atomic mass is 10.00. The van der Waals surface area contributed by atoms with Crippen LogP contribution in [-0.4, -0.2) is 137 Å². The summed E-state index contributed by atoms with van der Waals surface area (Å²) in [4.78, 5) is 61.8. The van der Waals surface area contributed by atoms with E-state index in [9.17, 15) is 9.59 Å². The first-order valence-corrected chi connectivity index (χ1v) is 29.8. The van der Waals surface area contributed by atoms with Gasteiger partial charge in [0, 0.05) is 104 Å². The molecular formula is C64H66N18O6S. The highest BCUT2D eigenvalue weighted by molar-refractivity contribution is 7.51. The molecule has 3 aromatic carbocycles. The first-order chi connectivity index (χ1) is 43.3. The molecule has 2 amide bonds. The second-order valence-electron chi connectivity index (χ2n) is 22.0. The summed E-state index contributed by atoms with van der Waals surface area (Å²) in [7, 11) is 3.70. The van der Waals surface area contributed by atoms with Gasteiger partial charge in [0.25, 0.3) is 0 Å². The number of benzene rings is 3. The molecule has 2 aliphatic heterocycles. The first kappa shape index (κ1) is 60.1. The average molecular weight is 1220 g/mol. The Morgan fingerprint density at radius 2 is 1.06 bits per heavy atom. The molecule has 0 spiro atoms. The maximum Gasteiger partial charge on any atom is 0.410 e. The van der Waals surface area contributed by atoms with Crippen LogP contribution >= 0.6 is 0 Å². The second-order valence-corrected chi connectivity index (χ2v) is 22.2. The van der Waals surface area contributed by atoms with E-state index in [1.165, 1.54) is 0 Å². The molecule has 8 aromatic heterocycles. The van der Waals surface area contributed by atoms with Gasteiger partial charge < -0.3 is 39.5 Å². The number of carbonyl (C=O) groups excluding carboxylic acids is 2. The van der Waals surface area contributed by atoms with Crippen LogP contribution in [0, 0.1) is 13.8 Å². The Bertz CT molecular complexity index is 4290. The molecule has 0 saturated carbocycles. The van der Waals surface area contributed by atoms with Crippen LogP contribution in [0.4, 0.5) is 21.5 Å². The van der Waals surface area contributed by atoms with Gasteiger partial charge in [-0.3, -0.25) is 0 Å². The predicted octanol–water partition coefficient (Wildman–Crippen LogP) is 10.2. The van der Waals surface area contributed by atoms with Crippen molar-refractivity contribution in [1.82, 2.24) is 79.2 Å². The van der Waals surface area contributed by atoms with Gasteiger partial charge >= 0.3 is 23.8 Å². The van der Waals surface area contributed by atoms with Gasteiger partial charge in [-0.1, -0.05) is 89.3 Å². The molecule has 2 fully saturated rings. The summed E-state index contributed by atoms with van der Waals surface area (Å²) in [5.41, 5.74) is 13.1. The van der Waals surface area contributed by atoms with E-state index in [1.54, 1.807) is 31.6 Å². The number of anilines is 2. The third-order valence-electron chi connectivity index (χ3n) is 15.9. The van der Waals surface area contributed by atoms with E-state index in [1.807, 2.05) is 144 Å². The van der Waals surface area contributed by atoms with Crippen molar-refractivity contribution in [3.05, 3.63) is 175 Å². The van der Waals surface area contributed by atoms with E-state index < -0.39 is 11.6 Å². The highest BCUT2D eigenvalue weighted by Gasteiger charge is 2.32. The van der Waals surface area contributed by atoms with E-state index in [0.29, 0.717) is 25.0 Å². The number of hydrogen-bond acceptors (Lipinski definition) is 18. The summed E-state index contributed by atoms with van der Waals surface area (Å²) >= 11 is -0.750. The fraction of sp³-hybridized carbons (Fsp3) is 0.281. The number of likely N-dealkylation sites (tertiary alicyclic amines) is 2. The molecule has 13 rings (SSSR count). The molecular weight excluding hydrogens is 1150 g/mol. The van der Waals surface area contributed by atoms with Gasteiger partial charge in [-0.2, -0.15) is 8.42 Å². The second kappa shape index (κ2) is 27.4. The number of H-pyrrole nitrogens is 1. The molecule has 454 valence electrons. The zero-order chi connectivity index (χ0) is 62.0. The Morgan fingerprint density at radius 3 is 1.55 bits per heavy atom. The number of piperidine rings is 2. The van der Waals surface area contributed by atoms with Crippen LogP contribution in [-0.2, 0) is 48.4 Å². The van der Waals surface area contributed by atoms with Gasteiger partial charge in [0.1, 0.15) is 35.9 Å². The van der Waals surface area contributed by atoms with Gasteiger partial charge in [-0.05, 0) is 112 Å². The summed E-state index contributed by atoms with van der Waals surface area (Å²) in [5, 5.41) is 25.0. The molecule has 89 heavy (non-hydrogen) atoms. The minimum atomic E-state index is -0.750. The number of rotatable bonds is 13. The van der Waals surface area contributed by atoms with Crippen molar-refractivity contribution in [2.75, 3.05) is 23.7 Å². The maximum atomic E-state index is 13.1. The fourth-order valence-corrected chi connectivity index (χ4v) is 11.1. The molecule has 2 saturated heterocycles. The van der Waals surface area contributed by atoms with Crippen molar-refractivity contribution in [2.24, 2.45) is 14.1 Å². The third kappa shape index (κ3) is 13.8. The van der Waals surface area contributed by atoms with Gasteiger partial charge in [-0.25, -0.2) is 48.9 Å². The minimum Gasteiger partial charge on any atom is -0.445 e. The van der Waals surface area contributed by atoms with E-state index >= 15 is 0 Å². The number of aromatic amines is 1. The average Bonchev–Trinajstić information content (AvgIpc) is 3.79. The lowest BCUT2D eigenvalue weighted by Gasteiger charge is -2.37. The summed E-state index contributed by atoms with van der Waals surface area (Å²) < 4.78 is 33.4. The minimum absolute atomic E-state index is 0.00993. The number of pyridine rings is 2. The van der Waals surface area contributed by atoms with Crippen molar-refractivity contribution in [3.8, 4) is 51.0 Å². The number of carbonyl (C=O) groups is 2. The number of nitrogens with zero attached hydrogens (tertiary/aromatic N) is 15. The SMILES string of the molecule is Cc1cnc(N[C@@H]2CC[C@@H](C)N(C(=O)OCc3ccccc3)C2)nc1-c1c[nH]c2nc(-c3cnnn3C)ccc12.Cc1cnc(N[C@@H]2CC[C@@H](C)N(C(=O)OCc3ccccc3)C2)nc1-c1cn(-c2ccccc2)c2nc(-c3cnnn3C)ccc12.O=S=O. The molecule has 4 atom stereocenters. The Balaban J connectivity index is 0.000000177. The molecule has 25 heteroatoms. The quantitative estimate of drug-likeness (QED) is 0.0967. The standard InChI is InChI=1S/C35H35N9O2.C29H31N9O2.O2S/c1-23-18-36-34(38-26-15-14-24(2)43(20-26)35(45)46-22-25-10-6-4-7-11-25)40-32(23)29-21-44(27-12-8-5-9-13-27)33-28(29)16-17-30(39-33)31-19-37-41-42(31)3;1-18-13-31-28(33-21-10-9-19(2)38(16-21)29(39)40-17-20-7-5-4-6-8-20)35-26(18)23-14-30-27-22(23)11-12-24(34-27)25-15-32-36-37(25)3;1-3-2/h4-13,16-19,21,24,26H,14-15,20,22H2,1-3H3,(H,36,38,40);4-8,11-15,19,21H,9-10,16-17H2,1-3H3,(H,30,34)(H,31,33,35);/t24-,26-;19-,21-;/m11./s1. The van der Waals surface area contributed by atoms with Gasteiger partial charge in [0.05, 0.1) is 35.2 Å². The topological polar surface area (TPSA) is 277 Å². The molecule has 10 heterocycles. The van der Waals surface area contributed by atoms with E-state index in [-0.39, 0.29) is 49.6 Å². The van der Waals surface area contributed by atoms with E-state index in [4.69, 9.17) is 37.8 Å². The van der Waals surface area contributed by atoms with Crippen molar-refractivity contribution in [2.45, 2.75) is 90.8 Å². The highest BCUT2D eigenvalue weighted by atomic mass is 32.1. The number of para-hydroxylation sites is 1. The molecule has 11 aromatic rings. The van der Waals surface area contributed by atoms with Crippen LogP contribution in [0.2, 0.25) is 0 Å². The first-order valence-electron chi connectivity index (χ1n) is 29.2. The molecule has 2 aliphatic rings. The lowest BCUT2D eigenvalue weighted by molar-refractivity contribution is 0.0689. The van der Waals surface area contributed by atoms with Crippen molar-refractivity contribution < 1.29 is 27.5 Å². The van der Waals surface area contributed by atoms with Crippen LogP contribution in [0.25, 0.3) is 73.0 Å². The van der Waals surface area contributed by atoms with E-state index in [0.717, 1.165) is 121 Å². The number of hydrogen-bond donors (Lipinski definition) is 3. The molecule has 0 bridgehead atoms. The lowest BCUT2D eigenvalue weighted by Crippen LogP contribution is -2.50. The Labute approximate surface area is 516 Å². The smallest absolute Gasteiger partial charge is 0.410 e. The number of fused-ring (bicyclic) bond motifs is 2. The monoisotopic (exact) mass is 1210 g/mol.